The van der Waals surface area contributed by atoms with Crippen LogP contribution in [0.4, 0.5) is 4.79 Å². The number of urea groups is 1. The molecule has 0 aromatic rings. The van der Waals surface area contributed by atoms with Crippen molar-refractivity contribution in [2.75, 3.05) is 20.1 Å². The molecule has 0 aliphatic heterocycles. The minimum absolute atomic E-state index is 0.0678. The Balaban J connectivity index is -0.000000317. The fourth-order valence-electron chi connectivity index (χ4n) is 0.774. The molecular weight excluding hydrogens is 226 g/mol. The van der Waals surface area contributed by atoms with Crippen molar-refractivity contribution in [3.63, 3.8) is 0 Å². The molecule has 2 amide bonds. The lowest BCUT2D eigenvalue weighted by Gasteiger charge is -2.17. The fourth-order valence-corrected chi connectivity index (χ4v) is 0.774. The Hall–Kier alpha value is -0.770. The van der Waals surface area contributed by atoms with Gasteiger partial charge in [0.15, 0.2) is 0 Å². The third-order valence-electron chi connectivity index (χ3n) is 1.50. The molecule has 0 bridgehead atoms. The summed E-state index contributed by atoms with van der Waals surface area (Å²) >= 11 is 0. The van der Waals surface area contributed by atoms with Gasteiger partial charge in [0.25, 0.3) is 0 Å². The highest BCUT2D eigenvalue weighted by atomic mass is 16.2. The number of nitrogens with one attached hydrogen (secondary N) is 2. The zero-order chi connectivity index (χ0) is 15.2. The van der Waals surface area contributed by atoms with Crippen molar-refractivity contribution in [1.29, 1.82) is 0 Å². The Bertz CT molecular complexity index is 172. The molecule has 0 rings (SSSR count). The quantitative estimate of drug-likeness (QED) is 0.731. The number of hydrogen-bond donors (Lipinski definition) is 3. The van der Waals surface area contributed by atoms with Gasteiger partial charge in [-0.05, 0) is 31.7 Å². The maximum atomic E-state index is 10.9. The van der Waals surface area contributed by atoms with Gasteiger partial charge in [0.1, 0.15) is 0 Å². The first-order chi connectivity index (χ1) is 8.19. The first kappa shape index (κ1) is 22.4. The largest absolute Gasteiger partial charge is 0.338 e. The monoisotopic (exact) mass is 261 g/mol. The van der Waals surface area contributed by atoms with Crippen LogP contribution in [0, 0.1) is 11.3 Å². The number of hydrogen-bond acceptors (Lipinski definition) is 2. The van der Waals surface area contributed by atoms with Crippen LogP contribution >= 0.6 is 0 Å². The topological polar surface area (TPSA) is 67.2 Å². The SMILES string of the molecule is CC(C)C.CCNC(=O)NCCC(C)(C)C.CN. The van der Waals surface area contributed by atoms with Crippen molar-refractivity contribution < 1.29 is 4.79 Å². The van der Waals surface area contributed by atoms with Crippen molar-refractivity contribution in [1.82, 2.24) is 10.6 Å². The normalized spacial score (nSPS) is 9.67. The standard InChI is InChI=1S/C9H20N2O.C4H10.CH5N/c1-5-10-8(12)11-7-6-9(2,3)4;1-4(2)3;1-2/h5-7H2,1-4H3,(H2,10,11,12);4H,1-3H3;2H2,1H3. The van der Waals surface area contributed by atoms with Crippen LogP contribution in [0.15, 0.2) is 0 Å². The van der Waals surface area contributed by atoms with Gasteiger partial charge in [-0.3, -0.25) is 0 Å². The van der Waals surface area contributed by atoms with Gasteiger partial charge >= 0.3 is 6.03 Å². The highest BCUT2D eigenvalue weighted by Crippen LogP contribution is 2.16. The summed E-state index contributed by atoms with van der Waals surface area (Å²) in [7, 11) is 1.50. The second kappa shape index (κ2) is 14.3. The zero-order valence-electron chi connectivity index (χ0n) is 13.7. The van der Waals surface area contributed by atoms with E-state index in [9.17, 15) is 4.79 Å². The second-order valence-corrected chi connectivity index (χ2v) is 5.83. The highest BCUT2D eigenvalue weighted by Gasteiger charge is 2.09. The van der Waals surface area contributed by atoms with Gasteiger partial charge in [-0.2, -0.15) is 0 Å². The highest BCUT2D eigenvalue weighted by molar-refractivity contribution is 5.73. The van der Waals surface area contributed by atoms with E-state index in [-0.39, 0.29) is 6.03 Å². The van der Waals surface area contributed by atoms with Crippen molar-refractivity contribution in [3.8, 4) is 0 Å². The molecule has 0 unspecified atom stereocenters. The van der Waals surface area contributed by atoms with Crippen LogP contribution in [-0.2, 0) is 0 Å². The smallest absolute Gasteiger partial charge is 0.314 e. The van der Waals surface area contributed by atoms with Gasteiger partial charge in [-0.15, -0.1) is 0 Å². The number of amides is 2. The van der Waals surface area contributed by atoms with E-state index < -0.39 is 0 Å². The molecule has 0 aromatic carbocycles. The number of carbonyl (C=O) groups is 1. The maximum absolute atomic E-state index is 10.9. The number of rotatable bonds is 3. The Morgan fingerprint density at radius 2 is 1.50 bits per heavy atom. The summed E-state index contributed by atoms with van der Waals surface area (Å²) in [5, 5.41) is 5.47. The molecule has 18 heavy (non-hydrogen) atoms. The Morgan fingerprint density at radius 1 is 1.11 bits per heavy atom. The van der Waals surface area contributed by atoms with E-state index in [1.165, 1.54) is 7.05 Å². The van der Waals surface area contributed by atoms with Crippen LogP contribution in [0.1, 0.15) is 54.9 Å². The van der Waals surface area contributed by atoms with Crippen molar-refractivity contribution in [2.24, 2.45) is 17.1 Å². The van der Waals surface area contributed by atoms with Gasteiger partial charge in [-0.25, -0.2) is 4.79 Å². The van der Waals surface area contributed by atoms with Gasteiger partial charge in [-0.1, -0.05) is 41.5 Å². The van der Waals surface area contributed by atoms with Crippen molar-refractivity contribution in [2.45, 2.75) is 54.9 Å². The van der Waals surface area contributed by atoms with Crippen LogP contribution in [0.5, 0.6) is 0 Å². The van der Waals surface area contributed by atoms with Gasteiger partial charge in [0.2, 0.25) is 0 Å². The van der Waals surface area contributed by atoms with E-state index in [1.807, 2.05) is 6.92 Å². The minimum atomic E-state index is -0.0678. The molecule has 4 N–H and O–H groups in total. The zero-order valence-corrected chi connectivity index (χ0v) is 13.7. The fraction of sp³-hybridized carbons (Fsp3) is 0.929. The average Bonchev–Trinajstić information content (AvgIpc) is 2.18. The summed E-state index contributed by atoms with van der Waals surface area (Å²) in [6, 6.07) is -0.0678. The van der Waals surface area contributed by atoms with Crippen LogP contribution in [0.2, 0.25) is 0 Å². The van der Waals surface area contributed by atoms with E-state index in [4.69, 9.17) is 0 Å². The third kappa shape index (κ3) is 36.2. The molecule has 4 nitrogen and oxygen atoms in total. The molecular formula is C14H35N3O. The average molecular weight is 261 g/mol. The van der Waals surface area contributed by atoms with Gasteiger partial charge in [0, 0.05) is 13.1 Å². The van der Waals surface area contributed by atoms with Gasteiger partial charge < -0.3 is 16.4 Å². The third-order valence-corrected chi connectivity index (χ3v) is 1.50. The van der Waals surface area contributed by atoms with E-state index >= 15 is 0 Å². The number of nitrogens with two attached hydrogens (primary N) is 1. The molecule has 0 heterocycles. The molecule has 0 aliphatic carbocycles. The summed E-state index contributed by atoms with van der Waals surface area (Å²) < 4.78 is 0. The lowest BCUT2D eigenvalue weighted by Crippen LogP contribution is -2.36. The van der Waals surface area contributed by atoms with Crippen LogP contribution < -0.4 is 16.4 Å². The molecule has 4 heteroatoms. The summed E-state index contributed by atoms with van der Waals surface area (Å²) in [5.41, 5.74) is 4.79. The predicted molar refractivity (Wildman–Crippen MR) is 81.8 cm³/mol. The molecule has 0 spiro atoms. The first-order valence-corrected chi connectivity index (χ1v) is 6.78. The lowest BCUT2D eigenvalue weighted by molar-refractivity contribution is 0.239. The molecule has 112 valence electrons. The Kier molecular flexibility index (Phi) is 17.8. The Morgan fingerprint density at radius 3 is 1.78 bits per heavy atom. The first-order valence-electron chi connectivity index (χ1n) is 6.78. The molecule has 0 saturated heterocycles. The van der Waals surface area contributed by atoms with Crippen LogP contribution in [0.25, 0.3) is 0 Å². The molecule has 0 aromatic heterocycles. The second-order valence-electron chi connectivity index (χ2n) is 5.83. The van der Waals surface area contributed by atoms with E-state index in [0.717, 1.165) is 18.9 Å². The van der Waals surface area contributed by atoms with Crippen LogP contribution in [-0.4, -0.2) is 26.2 Å². The van der Waals surface area contributed by atoms with Crippen molar-refractivity contribution >= 4 is 6.03 Å². The van der Waals surface area contributed by atoms with E-state index in [2.05, 4.69) is 57.9 Å². The summed E-state index contributed by atoms with van der Waals surface area (Å²) in [4.78, 5) is 10.9. The molecule has 0 aliphatic rings. The van der Waals surface area contributed by atoms with Crippen molar-refractivity contribution in [3.05, 3.63) is 0 Å². The Labute approximate surface area is 114 Å². The van der Waals surface area contributed by atoms with Crippen LogP contribution in [0.3, 0.4) is 0 Å². The molecule has 0 fully saturated rings. The summed E-state index contributed by atoms with van der Waals surface area (Å²) in [6.07, 6.45) is 1.00. The lowest BCUT2D eigenvalue weighted by atomic mass is 9.92. The van der Waals surface area contributed by atoms with E-state index in [1.54, 1.807) is 0 Å². The predicted octanol–water partition coefficient (Wildman–Crippen LogP) is 2.98. The van der Waals surface area contributed by atoms with E-state index in [0.29, 0.717) is 12.0 Å². The maximum Gasteiger partial charge on any atom is 0.314 e. The molecule has 0 radical (unpaired) electrons. The molecule has 0 saturated carbocycles. The summed E-state index contributed by atoms with van der Waals surface area (Å²) in [5.74, 6) is 0.833. The van der Waals surface area contributed by atoms with Gasteiger partial charge in [0.05, 0.1) is 0 Å². The summed E-state index contributed by atoms with van der Waals surface area (Å²) in [6.45, 7) is 16.3. The number of carbonyl (C=O) groups excluding carboxylic acids is 1. The molecule has 0 atom stereocenters. The minimum Gasteiger partial charge on any atom is -0.338 e.